The summed E-state index contributed by atoms with van der Waals surface area (Å²) >= 11 is 0. The second kappa shape index (κ2) is 19.3. The molecule has 20 heteroatoms. The molecule has 2 aromatic carbocycles. The van der Waals surface area contributed by atoms with Gasteiger partial charge < -0.3 is 29.8 Å². The molecule has 4 fully saturated rings. The minimum Gasteiger partial charge on any atom is -0.444 e. The van der Waals surface area contributed by atoms with Crippen molar-refractivity contribution < 1.29 is 46.6 Å². The van der Waals surface area contributed by atoms with Gasteiger partial charge in [0.2, 0.25) is 17.7 Å². The summed E-state index contributed by atoms with van der Waals surface area (Å²) in [6.07, 6.45) is 2.30. The highest BCUT2D eigenvalue weighted by atomic mass is 19.3. The smallest absolute Gasteiger partial charge is 0.411 e. The fourth-order valence-corrected chi connectivity index (χ4v) is 7.78. The lowest BCUT2D eigenvalue weighted by Gasteiger charge is -2.31. The monoisotopic (exact) mass is 902 g/mol. The van der Waals surface area contributed by atoms with Crippen molar-refractivity contribution in [3.8, 4) is 29.0 Å². The van der Waals surface area contributed by atoms with Crippen molar-refractivity contribution in [1.29, 1.82) is 0 Å². The number of rotatable bonds is 14. The molecule has 6 heterocycles. The molecule has 3 aliphatic heterocycles. The van der Waals surface area contributed by atoms with Crippen LogP contribution in [0, 0.1) is 17.8 Å². The van der Waals surface area contributed by atoms with Crippen LogP contribution in [-0.4, -0.2) is 117 Å². The van der Waals surface area contributed by atoms with Crippen LogP contribution in [0.4, 0.5) is 25.1 Å². The number of hydrogen-bond donors (Lipinski definition) is 4. The van der Waals surface area contributed by atoms with Gasteiger partial charge in [-0.05, 0) is 79.3 Å². The van der Waals surface area contributed by atoms with Gasteiger partial charge in [-0.3, -0.25) is 34.3 Å². The summed E-state index contributed by atoms with van der Waals surface area (Å²) in [7, 11) is 0. The number of carbonyl (C=O) groups excluding carboxylic acids is 5. The van der Waals surface area contributed by atoms with Crippen molar-refractivity contribution >= 4 is 41.2 Å². The quantitative estimate of drug-likeness (QED) is 0.0879. The van der Waals surface area contributed by atoms with E-state index in [-0.39, 0.29) is 61.1 Å². The number of carbonyl (C=O) groups is 5. The maximum atomic E-state index is 14.1. The summed E-state index contributed by atoms with van der Waals surface area (Å²) in [6.45, 7) is 3.29. The second-order valence-electron chi connectivity index (χ2n) is 16.3. The van der Waals surface area contributed by atoms with Crippen LogP contribution in [-0.2, 0) is 19.1 Å². The summed E-state index contributed by atoms with van der Waals surface area (Å²) in [4.78, 5) is 74.8. The van der Waals surface area contributed by atoms with Crippen molar-refractivity contribution in [2.45, 2.75) is 50.4 Å². The van der Waals surface area contributed by atoms with Crippen molar-refractivity contribution in [2.24, 2.45) is 5.92 Å². The lowest BCUT2D eigenvalue weighted by atomic mass is 10.0. The zero-order valence-corrected chi connectivity index (χ0v) is 35.4. The molecule has 0 radical (unpaired) electrons. The average Bonchev–Trinajstić information content (AvgIpc) is 3.64. The Labute approximate surface area is 376 Å². The first-order chi connectivity index (χ1) is 32.0. The Morgan fingerprint density at radius 1 is 0.985 bits per heavy atom. The molecule has 3 atom stereocenters. The number of hydrogen-bond acceptors (Lipinski definition) is 13. The number of piperidine rings is 1. The molecule has 0 bridgehead atoms. The number of pyridine rings is 1. The molecule has 1 saturated carbocycles. The molecule has 4 aliphatic rings. The molecule has 9 rings (SSSR count). The Morgan fingerprint density at radius 2 is 1.83 bits per heavy atom. The standard InChI is InChI=1S/C46H44F2N10O8/c47-41(48)40-34(52-43(61)35-26-65-45(53-35)31-14-15-49-38(20-31)50-21-28-6-7-28)24-58(55-40)32-10-8-29(9-11-32)42(60)51-22-33-23-56(17-18-64-33)16-2-4-27-3-1-5-30(19-27)37-25-57(46(63)66-37)36-12-13-39(59)54-44(36)62/h1,3,5,8-11,14-15,19-20,24,26,28,33,36-37,41H,6-7,12-13,16-18,21-23,25H2,(H,49,50)(H,51,60)(H,52,61)(H,54,59,62)/t33-,36?,37+/m0/s1. The molecule has 340 valence electrons. The third-order valence-electron chi connectivity index (χ3n) is 11.5. The van der Waals surface area contributed by atoms with E-state index >= 15 is 0 Å². The van der Waals surface area contributed by atoms with Gasteiger partial charge in [-0.25, -0.2) is 28.2 Å². The number of benzene rings is 2. The van der Waals surface area contributed by atoms with Crippen molar-refractivity contribution in [3.05, 3.63) is 107 Å². The highest BCUT2D eigenvalue weighted by molar-refractivity contribution is 6.03. The number of alkyl halides is 2. The summed E-state index contributed by atoms with van der Waals surface area (Å²) in [5, 5.41) is 14.9. The van der Waals surface area contributed by atoms with Crippen LogP contribution in [0.3, 0.4) is 0 Å². The summed E-state index contributed by atoms with van der Waals surface area (Å²) < 4.78 is 46.5. The number of nitrogens with zero attached hydrogens (tertiary/aromatic N) is 6. The van der Waals surface area contributed by atoms with E-state index in [0.29, 0.717) is 54.8 Å². The van der Waals surface area contributed by atoms with Gasteiger partial charge in [0.25, 0.3) is 18.2 Å². The molecule has 66 heavy (non-hydrogen) atoms. The number of halogens is 2. The topological polar surface area (TPSA) is 215 Å². The van der Waals surface area contributed by atoms with E-state index in [4.69, 9.17) is 13.9 Å². The van der Waals surface area contributed by atoms with Gasteiger partial charge in [0.05, 0.1) is 43.4 Å². The second-order valence-corrected chi connectivity index (χ2v) is 16.3. The van der Waals surface area contributed by atoms with Crippen molar-refractivity contribution in [2.75, 3.05) is 56.5 Å². The molecule has 1 unspecified atom stereocenters. The zero-order chi connectivity index (χ0) is 45.7. The molecular weight excluding hydrogens is 859 g/mol. The number of cyclic esters (lactones) is 1. The van der Waals surface area contributed by atoms with Gasteiger partial charge in [-0.1, -0.05) is 24.0 Å². The minimum atomic E-state index is -3.01. The average molecular weight is 903 g/mol. The number of oxazole rings is 1. The number of imide groups is 1. The number of morpholine rings is 1. The Kier molecular flexibility index (Phi) is 12.8. The molecule has 3 aromatic heterocycles. The van der Waals surface area contributed by atoms with Crippen molar-refractivity contribution in [3.63, 3.8) is 0 Å². The van der Waals surface area contributed by atoms with E-state index in [9.17, 15) is 32.8 Å². The van der Waals surface area contributed by atoms with Crippen LogP contribution in [0.5, 0.6) is 0 Å². The number of aromatic nitrogens is 4. The Balaban J connectivity index is 0.750. The molecule has 18 nitrogen and oxygen atoms in total. The summed E-state index contributed by atoms with van der Waals surface area (Å²) in [5.74, 6) is 5.83. The van der Waals surface area contributed by atoms with E-state index in [1.807, 2.05) is 24.3 Å². The van der Waals surface area contributed by atoms with Gasteiger partial charge in [0.15, 0.2) is 11.4 Å². The zero-order valence-electron chi connectivity index (χ0n) is 35.4. The van der Waals surface area contributed by atoms with Crippen LogP contribution in [0.1, 0.15) is 75.9 Å². The highest BCUT2D eigenvalue weighted by Crippen LogP contribution is 2.32. The van der Waals surface area contributed by atoms with Gasteiger partial charge in [0, 0.05) is 55.5 Å². The molecule has 5 aromatic rings. The fraction of sp³-hybridized carbons (Fsp3) is 0.348. The Morgan fingerprint density at radius 3 is 2.64 bits per heavy atom. The largest absolute Gasteiger partial charge is 0.444 e. The van der Waals surface area contributed by atoms with Gasteiger partial charge in [-0.15, -0.1) is 0 Å². The van der Waals surface area contributed by atoms with E-state index in [2.05, 4.69) is 53.1 Å². The van der Waals surface area contributed by atoms with E-state index in [0.717, 1.165) is 23.9 Å². The summed E-state index contributed by atoms with van der Waals surface area (Å²) in [5.41, 5.74) is 1.78. The first-order valence-electron chi connectivity index (χ1n) is 21.5. The summed E-state index contributed by atoms with van der Waals surface area (Å²) in [6, 6.07) is 16.2. The molecule has 1 aliphatic carbocycles. The molecule has 5 amide bonds. The maximum Gasteiger partial charge on any atom is 0.411 e. The fourth-order valence-electron chi connectivity index (χ4n) is 7.78. The number of amides is 5. The van der Waals surface area contributed by atoms with Gasteiger partial charge >= 0.3 is 6.09 Å². The molecular formula is C46H44F2N10O8. The Bertz CT molecular complexity index is 2710. The minimum absolute atomic E-state index is 0.115. The number of anilines is 2. The lowest BCUT2D eigenvalue weighted by molar-refractivity contribution is -0.136. The molecule has 4 N–H and O–H groups in total. The third-order valence-corrected chi connectivity index (χ3v) is 11.5. The van der Waals surface area contributed by atoms with Crippen LogP contribution < -0.4 is 21.3 Å². The number of nitrogens with one attached hydrogen (secondary N) is 4. The highest BCUT2D eigenvalue weighted by Gasteiger charge is 2.42. The van der Waals surface area contributed by atoms with Gasteiger partial charge in [-0.2, -0.15) is 5.10 Å². The van der Waals surface area contributed by atoms with Crippen molar-refractivity contribution in [1.82, 2.24) is 40.2 Å². The first-order valence-corrected chi connectivity index (χ1v) is 21.5. The molecule has 0 spiro atoms. The Hall–Kier alpha value is -7.50. The number of ether oxygens (including phenoxy) is 2. The maximum absolute atomic E-state index is 14.1. The van der Waals surface area contributed by atoms with E-state index < -0.39 is 42.2 Å². The van der Waals surface area contributed by atoms with E-state index in [1.54, 1.807) is 42.6 Å². The predicted molar refractivity (Wildman–Crippen MR) is 231 cm³/mol. The van der Waals surface area contributed by atoms with Crippen LogP contribution in [0.25, 0.3) is 17.1 Å². The molecule has 3 saturated heterocycles. The first kappa shape index (κ1) is 43.7. The van der Waals surface area contributed by atoms with Crippen LogP contribution >= 0.6 is 0 Å². The third kappa shape index (κ3) is 10.4. The van der Waals surface area contributed by atoms with E-state index in [1.165, 1.54) is 28.6 Å². The SMILES string of the molecule is O=C1CCC(N2C[C@H](c3cccc(C#CCN4CCO[C@@H](CNC(=O)c5ccc(-n6cc(NC(=O)c7coc(-c8ccnc(NCC9CC9)c8)n7)c(C(F)F)n6)cc5)C4)c3)OC2=O)C(=O)N1. The van der Waals surface area contributed by atoms with Crippen LogP contribution in [0.15, 0.2) is 83.7 Å². The predicted octanol–water partition coefficient (Wildman–Crippen LogP) is 4.71. The normalized spacial score (nSPS) is 19.8. The van der Waals surface area contributed by atoms with Gasteiger partial charge in [0.1, 0.15) is 24.2 Å². The lowest BCUT2D eigenvalue weighted by Crippen LogP contribution is -2.52. The van der Waals surface area contributed by atoms with Crippen LogP contribution in [0.2, 0.25) is 0 Å².